The van der Waals surface area contributed by atoms with Gasteiger partial charge in [-0.25, -0.2) is 0 Å². The standard InChI is InChI=1S/C16H19N5O2S/c1-3-5-13-19-20-16(24-13)18-15(23)12-9-21(10(2)22)8-11-6-4-7-17-14(11)12/h4,6-7,12H,3,5,8-9H2,1-2H3,(H,18,20,23). The van der Waals surface area contributed by atoms with Gasteiger partial charge in [-0.15, -0.1) is 10.2 Å². The molecule has 1 N–H and O–H groups in total. The van der Waals surface area contributed by atoms with Gasteiger partial charge in [0.2, 0.25) is 16.9 Å². The van der Waals surface area contributed by atoms with Gasteiger partial charge >= 0.3 is 0 Å². The Morgan fingerprint density at radius 1 is 1.42 bits per heavy atom. The Morgan fingerprint density at radius 3 is 3.00 bits per heavy atom. The molecule has 2 aromatic rings. The van der Waals surface area contributed by atoms with Gasteiger partial charge in [0, 0.05) is 32.6 Å². The van der Waals surface area contributed by atoms with Crippen molar-refractivity contribution < 1.29 is 9.59 Å². The molecule has 0 saturated heterocycles. The summed E-state index contributed by atoms with van der Waals surface area (Å²) in [4.78, 5) is 30.5. The zero-order chi connectivity index (χ0) is 17.1. The Morgan fingerprint density at radius 2 is 2.25 bits per heavy atom. The number of anilines is 1. The molecule has 24 heavy (non-hydrogen) atoms. The van der Waals surface area contributed by atoms with Crippen LogP contribution < -0.4 is 5.32 Å². The fraction of sp³-hybridized carbons (Fsp3) is 0.438. The summed E-state index contributed by atoms with van der Waals surface area (Å²) in [5.41, 5.74) is 1.63. The third kappa shape index (κ3) is 3.43. The SMILES string of the molecule is CCCc1nnc(NC(=O)C2CN(C(C)=O)Cc3cccnc32)s1. The van der Waals surface area contributed by atoms with Crippen molar-refractivity contribution in [2.24, 2.45) is 0 Å². The number of hydrogen-bond acceptors (Lipinski definition) is 6. The molecule has 3 heterocycles. The van der Waals surface area contributed by atoms with Crippen molar-refractivity contribution in [2.45, 2.75) is 39.2 Å². The highest BCUT2D eigenvalue weighted by Gasteiger charge is 2.33. The normalized spacial score (nSPS) is 16.6. The number of nitrogens with one attached hydrogen (secondary N) is 1. The first-order valence-electron chi connectivity index (χ1n) is 7.91. The average Bonchev–Trinajstić information content (AvgIpc) is 3.01. The number of carbonyl (C=O) groups excluding carboxylic acids is 2. The highest BCUT2D eigenvalue weighted by molar-refractivity contribution is 7.15. The predicted molar refractivity (Wildman–Crippen MR) is 90.6 cm³/mol. The van der Waals surface area contributed by atoms with Gasteiger partial charge in [-0.3, -0.25) is 19.9 Å². The summed E-state index contributed by atoms with van der Waals surface area (Å²) in [5.74, 6) is -0.763. The number of aryl methyl sites for hydroxylation is 1. The van der Waals surface area contributed by atoms with E-state index in [1.165, 1.54) is 18.3 Å². The van der Waals surface area contributed by atoms with Gasteiger partial charge in [-0.1, -0.05) is 24.3 Å². The van der Waals surface area contributed by atoms with E-state index in [9.17, 15) is 9.59 Å². The molecule has 3 rings (SSSR count). The number of carbonyl (C=O) groups is 2. The lowest BCUT2D eigenvalue weighted by Crippen LogP contribution is -2.41. The minimum absolute atomic E-state index is 0.0524. The summed E-state index contributed by atoms with van der Waals surface area (Å²) >= 11 is 1.38. The molecule has 0 saturated carbocycles. The van der Waals surface area contributed by atoms with Gasteiger partial charge in [0.25, 0.3) is 0 Å². The van der Waals surface area contributed by atoms with Gasteiger partial charge < -0.3 is 4.90 Å². The molecule has 0 fully saturated rings. The van der Waals surface area contributed by atoms with E-state index in [2.05, 4.69) is 27.4 Å². The molecule has 1 unspecified atom stereocenters. The second-order valence-corrected chi connectivity index (χ2v) is 6.80. The lowest BCUT2D eigenvalue weighted by molar-refractivity contribution is -0.131. The van der Waals surface area contributed by atoms with E-state index in [4.69, 9.17) is 0 Å². The van der Waals surface area contributed by atoms with Crippen LogP contribution in [0.4, 0.5) is 5.13 Å². The lowest BCUT2D eigenvalue weighted by Gasteiger charge is -2.32. The zero-order valence-corrected chi connectivity index (χ0v) is 14.5. The number of rotatable bonds is 4. The summed E-state index contributed by atoms with van der Waals surface area (Å²) in [5, 5.41) is 12.3. The van der Waals surface area contributed by atoms with E-state index in [1.54, 1.807) is 11.1 Å². The topological polar surface area (TPSA) is 88.1 Å². The van der Waals surface area contributed by atoms with Crippen molar-refractivity contribution in [2.75, 3.05) is 11.9 Å². The van der Waals surface area contributed by atoms with E-state index in [0.717, 1.165) is 29.1 Å². The molecule has 2 amide bonds. The summed E-state index contributed by atoms with van der Waals surface area (Å²) in [6, 6.07) is 3.72. The van der Waals surface area contributed by atoms with Crippen molar-refractivity contribution in [3.8, 4) is 0 Å². The minimum atomic E-state index is -0.502. The first-order chi connectivity index (χ1) is 11.6. The van der Waals surface area contributed by atoms with Crippen LogP contribution in [0.15, 0.2) is 18.3 Å². The Labute approximate surface area is 144 Å². The van der Waals surface area contributed by atoms with Gasteiger partial charge in [0.05, 0.1) is 11.6 Å². The quantitative estimate of drug-likeness (QED) is 0.915. The molecule has 0 aromatic carbocycles. The lowest BCUT2D eigenvalue weighted by atomic mass is 9.94. The molecule has 0 aliphatic carbocycles. The molecule has 2 aromatic heterocycles. The third-order valence-electron chi connectivity index (χ3n) is 3.94. The molecule has 0 spiro atoms. The Bertz CT molecular complexity index is 760. The maximum Gasteiger partial charge on any atom is 0.237 e. The number of amides is 2. The van der Waals surface area contributed by atoms with Crippen molar-refractivity contribution in [1.29, 1.82) is 0 Å². The van der Waals surface area contributed by atoms with Crippen LogP contribution >= 0.6 is 11.3 Å². The fourth-order valence-corrected chi connectivity index (χ4v) is 3.58. The van der Waals surface area contributed by atoms with Crippen LogP contribution in [0.25, 0.3) is 0 Å². The smallest absolute Gasteiger partial charge is 0.237 e. The molecule has 1 atom stereocenters. The number of nitrogens with zero attached hydrogens (tertiary/aromatic N) is 4. The van der Waals surface area contributed by atoms with Crippen LogP contribution in [0.5, 0.6) is 0 Å². The molecule has 0 radical (unpaired) electrons. The number of pyridine rings is 1. The minimum Gasteiger partial charge on any atom is -0.337 e. The first kappa shape index (κ1) is 16.5. The van der Waals surface area contributed by atoms with Crippen LogP contribution in [0, 0.1) is 0 Å². The maximum absolute atomic E-state index is 12.7. The molecule has 7 nitrogen and oxygen atoms in total. The second-order valence-electron chi connectivity index (χ2n) is 5.74. The van der Waals surface area contributed by atoms with Gasteiger partial charge in [-0.05, 0) is 18.1 Å². The number of fused-ring (bicyclic) bond motifs is 1. The Hall–Kier alpha value is -2.35. The van der Waals surface area contributed by atoms with Crippen LogP contribution in [-0.2, 0) is 22.6 Å². The summed E-state index contributed by atoms with van der Waals surface area (Å²) < 4.78 is 0. The average molecular weight is 345 g/mol. The summed E-state index contributed by atoms with van der Waals surface area (Å²) in [7, 11) is 0. The number of hydrogen-bond donors (Lipinski definition) is 1. The van der Waals surface area contributed by atoms with E-state index < -0.39 is 5.92 Å². The molecular formula is C16H19N5O2S. The predicted octanol–water partition coefficient (Wildman–Crippen LogP) is 1.97. The fourth-order valence-electron chi connectivity index (χ4n) is 2.73. The molecular weight excluding hydrogens is 326 g/mol. The number of aromatic nitrogens is 3. The van der Waals surface area contributed by atoms with E-state index >= 15 is 0 Å². The van der Waals surface area contributed by atoms with Crippen LogP contribution in [-0.4, -0.2) is 38.4 Å². The largest absolute Gasteiger partial charge is 0.337 e. The van der Waals surface area contributed by atoms with Gasteiger partial charge in [-0.2, -0.15) is 0 Å². The van der Waals surface area contributed by atoms with Gasteiger partial charge in [0.15, 0.2) is 0 Å². The molecule has 8 heteroatoms. The second kappa shape index (κ2) is 7.04. The molecule has 1 aliphatic heterocycles. The maximum atomic E-state index is 12.7. The summed E-state index contributed by atoms with van der Waals surface area (Å²) in [6.45, 7) is 4.40. The molecule has 126 valence electrons. The van der Waals surface area contributed by atoms with Crippen molar-refractivity contribution in [3.63, 3.8) is 0 Å². The van der Waals surface area contributed by atoms with Crippen molar-refractivity contribution >= 4 is 28.3 Å². The van der Waals surface area contributed by atoms with Crippen LogP contribution in [0.2, 0.25) is 0 Å². The third-order valence-corrected chi connectivity index (χ3v) is 4.84. The van der Waals surface area contributed by atoms with Crippen LogP contribution in [0.1, 0.15) is 42.5 Å². The Balaban J connectivity index is 1.80. The zero-order valence-electron chi connectivity index (χ0n) is 13.7. The van der Waals surface area contributed by atoms with E-state index in [-0.39, 0.29) is 11.8 Å². The monoisotopic (exact) mass is 345 g/mol. The molecule has 1 aliphatic rings. The highest BCUT2D eigenvalue weighted by Crippen LogP contribution is 2.28. The molecule has 0 bridgehead atoms. The van der Waals surface area contributed by atoms with Crippen LogP contribution in [0.3, 0.4) is 0 Å². The van der Waals surface area contributed by atoms with E-state index in [0.29, 0.717) is 18.2 Å². The van der Waals surface area contributed by atoms with Crippen molar-refractivity contribution in [3.05, 3.63) is 34.6 Å². The first-order valence-corrected chi connectivity index (χ1v) is 8.72. The summed E-state index contributed by atoms with van der Waals surface area (Å²) in [6.07, 6.45) is 3.50. The van der Waals surface area contributed by atoms with E-state index in [1.807, 2.05) is 12.1 Å². The Kier molecular flexibility index (Phi) is 4.84. The highest BCUT2D eigenvalue weighted by atomic mass is 32.1. The van der Waals surface area contributed by atoms with Gasteiger partial charge in [0.1, 0.15) is 5.01 Å². The van der Waals surface area contributed by atoms with Crippen molar-refractivity contribution in [1.82, 2.24) is 20.1 Å².